The van der Waals surface area contributed by atoms with Gasteiger partial charge in [-0.15, -0.1) is 0 Å². The molecular formula is C19H25BF2N2O4. The van der Waals surface area contributed by atoms with Crippen molar-refractivity contribution in [1.29, 1.82) is 0 Å². The summed E-state index contributed by atoms with van der Waals surface area (Å²) in [7, 11) is -0.821. The Bertz CT molecular complexity index is 849. The van der Waals surface area contributed by atoms with Crippen LogP contribution in [-0.4, -0.2) is 41.3 Å². The first-order chi connectivity index (χ1) is 13.2. The Morgan fingerprint density at radius 2 is 1.89 bits per heavy atom. The Morgan fingerprint density at radius 1 is 1.18 bits per heavy atom. The van der Waals surface area contributed by atoms with E-state index in [9.17, 15) is 8.78 Å². The number of nitrogens with zero attached hydrogens (tertiary/aromatic N) is 2. The fourth-order valence-electron chi connectivity index (χ4n) is 3.59. The zero-order valence-electron chi connectivity index (χ0n) is 16.6. The van der Waals surface area contributed by atoms with Crippen molar-refractivity contribution in [2.75, 3.05) is 6.61 Å². The SMILES string of the molecule is CC1(C)OB(c2cc3c(cnn3C3CCCCO3)cc2OC(F)F)OC1(C)C. The second-order valence-corrected chi connectivity index (χ2v) is 8.33. The normalized spacial score (nSPS) is 24.2. The van der Waals surface area contributed by atoms with Gasteiger partial charge >= 0.3 is 13.7 Å². The standard InChI is InChI=1S/C19H25BF2N2O4/c1-18(2)19(3,4)28-20(27-18)13-10-14-12(9-15(13)26-17(21)22)11-23-24(14)16-7-5-6-8-25-16/h9-11,16-17H,5-8H2,1-4H3. The molecule has 3 heterocycles. The molecule has 1 aromatic carbocycles. The Kier molecular flexibility index (Phi) is 4.88. The molecule has 1 unspecified atom stereocenters. The van der Waals surface area contributed by atoms with Crippen LogP contribution in [-0.2, 0) is 14.0 Å². The topological polar surface area (TPSA) is 54.7 Å². The number of halogens is 2. The number of fused-ring (bicyclic) bond motifs is 1. The molecule has 9 heteroatoms. The number of rotatable bonds is 4. The molecule has 2 aliphatic heterocycles. The van der Waals surface area contributed by atoms with Gasteiger partial charge in [0.2, 0.25) is 0 Å². The van der Waals surface area contributed by atoms with Gasteiger partial charge in [0, 0.05) is 17.5 Å². The van der Waals surface area contributed by atoms with Crippen LogP contribution in [0.25, 0.3) is 10.9 Å². The number of benzene rings is 1. The van der Waals surface area contributed by atoms with Crippen LogP contribution in [0.15, 0.2) is 18.3 Å². The van der Waals surface area contributed by atoms with Gasteiger partial charge in [-0.2, -0.15) is 13.9 Å². The van der Waals surface area contributed by atoms with Crippen molar-refractivity contribution in [2.24, 2.45) is 0 Å². The summed E-state index contributed by atoms with van der Waals surface area (Å²) in [5.41, 5.74) is 0.00495. The van der Waals surface area contributed by atoms with Gasteiger partial charge in [-0.3, -0.25) is 0 Å². The number of hydrogen-bond acceptors (Lipinski definition) is 5. The molecule has 1 atom stereocenters. The van der Waals surface area contributed by atoms with Gasteiger partial charge in [0.25, 0.3) is 0 Å². The third kappa shape index (κ3) is 3.40. The molecular weight excluding hydrogens is 369 g/mol. The number of alkyl halides is 2. The third-order valence-corrected chi connectivity index (χ3v) is 5.88. The van der Waals surface area contributed by atoms with Gasteiger partial charge in [0.05, 0.1) is 22.9 Å². The molecule has 0 spiro atoms. The molecule has 4 rings (SSSR count). The molecule has 152 valence electrons. The van der Waals surface area contributed by atoms with Crippen LogP contribution >= 0.6 is 0 Å². The van der Waals surface area contributed by atoms with Gasteiger partial charge in [-0.05, 0) is 59.1 Å². The maximum absolute atomic E-state index is 13.0. The Morgan fingerprint density at radius 3 is 2.50 bits per heavy atom. The average Bonchev–Trinajstić information content (AvgIpc) is 3.11. The highest BCUT2D eigenvalue weighted by Crippen LogP contribution is 2.38. The molecule has 0 amide bonds. The predicted octanol–water partition coefficient (Wildman–Crippen LogP) is 3.64. The molecule has 2 saturated heterocycles. The van der Waals surface area contributed by atoms with E-state index in [4.69, 9.17) is 18.8 Å². The van der Waals surface area contributed by atoms with Crippen molar-refractivity contribution in [3.8, 4) is 5.75 Å². The lowest BCUT2D eigenvalue weighted by molar-refractivity contribution is -0.0492. The van der Waals surface area contributed by atoms with Crippen molar-refractivity contribution >= 4 is 23.5 Å². The lowest BCUT2D eigenvalue weighted by Crippen LogP contribution is -2.41. The molecule has 0 bridgehead atoms. The minimum absolute atomic E-state index is 0.0325. The molecule has 0 aliphatic carbocycles. The maximum Gasteiger partial charge on any atom is 0.498 e. The number of aromatic nitrogens is 2. The van der Waals surface area contributed by atoms with E-state index < -0.39 is 24.9 Å². The summed E-state index contributed by atoms with van der Waals surface area (Å²) in [5, 5.41) is 5.13. The minimum atomic E-state index is -2.95. The third-order valence-electron chi connectivity index (χ3n) is 5.88. The Labute approximate surface area is 163 Å². The summed E-state index contributed by atoms with van der Waals surface area (Å²) in [6.07, 6.45) is 4.42. The van der Waals surface area contributed by atoms with E-state index in [0.29, 0.717) is 17.5 Å². The molecule has 0 saturated carbocycles. The van der Waals surface area contributed by atoms with E-state index in [2.05, 4.69) is 5.10 Å². The minimum Gasteiger partial charge on any atom is -0.435 e. The van der Waals surface area contributed by atoms with E-state index in [1.165, 1.54) is 0 Å². The van der Waals surface area contributed by atoms with Gasteiger partial charge < -0.3 is 18.8 Å². The molecule has 2 aromatic rings. The lowest BCUT2D eigenvalue weighted by atomic mass is 9.78. The van der Waals surface area contributed by atoms with E-state index in [0.717, 1.165) is 24.8 Å². The average molecular weight is 394 g/mol. The first kappa shape index (κ1) is 19.6. The monoisotopic (exact) mass is 394 g/mol. The van der Waals surface area contributed by atoms with Crippen LogP contribution < -0.4 is 10.2 Å². The van der Waals surface area contributed by atoms with Crippen LogP contribution in [0, 0.1) is 0 Å². The van der Waals surface area contributed by atoms with Crippen LogP contribution in [0.5, 0.6) is 5.75 Å². The van der Waals surface area contributed by atoms with Crippen LogP contribution in [0.4, 0.5) is 8.78 Å². The van der Waals surface area contributed by atoms with Crippen LogP contribution in [0.3, 0.4) is 0 Å². The molecule has 2 aliphatic rings. The fourth-order valence-corrected chi connectivity index (χ4v) is 3.59. The molecule has 6 nitrogen and oxygen atoms in total. The fraction of sp³-hybridized carbons (Fsp3) is 0.632. The molecule has 28 heavy (non-hydrogen) atoms. The van der Waals surface area contributed by atoms with Crippen LogP contribution in [0.2, 0.25) is 0 Å². The van der Waals surface area contributed by atoms with E-state index >= 15 is 0 Å². The highest BCUT2D eigenvalue weighted by Gasteiger charge is 2.52. The van der Waals surface area contributed by atoms with E-state index in [1.807, 2.05) is 27.7 Å². The lowest BCUT2D eigenvalue weighted by Gasteiger charge is -2.32. The van der Waals surface area contributed by atoms with E-state index in [1.54, 1.807) is 23.0 Å². The summed E-state index contributed by atoms with van der Waals surface area (Å²) in [4.78, 5) is 0. The number of ether oxygens (including phenoxy) is 2. The molecule has 2 fully saturated rings. The Hall–Kier alpha value is -1.71. The zero-order valence-corrected chi connectivity index (χ0v) is 16.6. The second-order valence-electron chi connectivity index (χ2n) is 8.33. The van der Waals surface area contributed by atoms with E-state index in [-0.39, 0.29) is 12.0 Å². The summed E-state index contributed by atoms with van der Waals surface area (Å²) in [6.45, 7) is 5.40. The smallest absolute Gasteiger partial charge is 0.435 e. The molecule has 1 aromatic heterocycles. The molecule has 0 radical (unpaired) electrons. The first-order valence-corrected chi connectivity index (χ1v) is 9.61. The summed E-state index contributed by atoms with van der Waals surface area (Å²) in [6, 6.07) is 3.33. The highest BCUT2D eigenvalue weighted by atomic mass is 19.3. The molecule has 0 N–H and O–H groups in total. The van der Waals surface area contributed by atoms with Crippen LogP contribution in [0.1, 0.15) is 53.2 Å². The highest BCUT2D eigenvalue weighted by molar-refractivity contribution is 6.63. The van der Waals surface area contributed by atoms with Crippen molar-refractivity contribution in [3.63, 3.8) is 0 Å². The Balaban J connectivity index is 1.78. The van der Waals surface area contributed by atoms with Crippen molar-refractivity contribution in [2.45, 2.75) is 71.0 Å². The predicted molar refractivity (Wildman–Crippen MR) is 101 cm³/mol. The first-order valence-electron chi connectivity index (χ1n) is 9.61. The summed E-state index contributed by atoms with van der Waals surface area (Å²) in [5.74, 6) is 0.0325. The van der Waals surface area contributed by atoms with Gasteiger partial charge in [-0.1, -0.05) is 0 Å². The van der Waals surface area contributed by atoms with Crippen molar-refractivity contribution in [1.82, 2.24) is 9.78 Å². The summed E-state index contributed by atoms with van der Waals surface area (Å²) >= 11 is 0. The zero-order chi connectivity index (χ0) is 20.1. The van der Waals surface area contributed by atoms with Gasteiger partial charge in [0.1, 0.15) is 5.75 Å². The van der Waals surface area contributed by atoms with Gasteiger partial charge in [0.15, 0.2) is 6.23 Å². The van der Waals surface area contributed by atoms with Crippen molar-refractivity contribution < 1.29 is 27.6 Å². The summed E-state index contributed by atoms with van der Waals surface area (Å²) < 4.78 is 50.7. The number of hydrogen-bond donors (Lipinski definition) is 0. The largest absolute Gasteiger partial charge is 0.498 e. The van der Waals surface area contributed by atoms with Crippen molar-refractivity contribution in [3.05, 3.63) is 18.3 Å². The van der Waals surface area contributed by atoms with Gasteiger partial charge in [-0.25, -0.2) is 4.68 Å². The maximum atomic E-state index is 13.0. The second kappa shape index (κ2) is 6.97. The quantitative estimate of drug-likeness (QED) is 0.742.